The predicted molar refractivity (Wildman–Crippen MR) is 136 cm³/mol. The second-order valence-corrected chi connectivity index (χ2v) is 10.1. The van der Waals surface area contributed by atoms with Crippen LogP contribution in [-0.2, 0) is 9.47 Å². The molecule has 0 bridgehead atoms. The van der Waals surface area contributed by atoms with Crippen molar-refractivity contribution in [3.8, 4) is 11.1 Å². The third-order valence-corrected chi connectivity index (χ3v) is 7.29. The number of hydrogen-bond acceptors (Lipinski definition) is 6. The predicted octanol–water partition coefficient (Wildman–Crippen LogP) is 5.48. The number of aromatic nitrogens is 1. The zero-order valence-corrected chi connectivity index (χ0v) is 21.1. The van der Waals surface area contributed by atoms with Gasteiger partial charge in [-0.25, -0.2) is 9.37 Å². The van der Waals surface area contributed by atoms with Gasteiger partial charge in [0.05, 0.1) is 22.9 Å². The van der Waals surface area contributed by atoms with Crippen molar-refractivity contribution in [3.63, 3.8) is 0 Å². The molecule has 0 unspecified atom stereocenters. The van der Waals surface area contributed by atoms with Crippen molar-refractivity contribution in [2.75, 3.05) is 38.0 Å². The first-order valence-corrected chi connectivity index (χ1v) is 12.5. The van der Waals surface area contributed by atoms with Crippen molar-refractivity contribution in [1.82, 2.24) is 10.3 Å². The fourth-order valence-corrected chi connectivity index (χ4v) is 4.94. The lowest BCUT2D eigenvalue weighted by molar-refractivity contribution is 0.0914. The molecule has 0 aliphatic heterocycles. The summed E-state index contributed by atoms with van der Waals surface area (Å²) in [5.74, 6) is 0.503. The maximum Gasteiger partial charge on any atom is 0.146 e. The van der Waals surface area contributed by atoms with Crippen LogP contribution in [-0.4, -0.2) is 56.1 Å². The van der Waals surface area contributed by atoms with Crippen LogP contribution in [0.2, 0.25) is 5.02 Å². The van der Waals surface area contributed by atoms with Gasteiger partial charge in [0.2, 0.25) is 0 Å². The van der Waals surface area contributed by atoms with E-state index in [1.54, 1.807) is 26.5 Å². The van der Waals surface area contributed by atoms with E-state index in [-0.39, 0.29) is 11.4 Å². The highest BCUT2D eigenvalue weighted by atomic mass is 35.5. The molecule has 34 heavy (non-hydrogen) atoms. The van der Waals surface area contributed by atoms with Crippen molar-refractivity contribution in [2.24, 2.45) is 0 Å². The number of halogens is 2. The number of benzene rings is 1. The van der Waals surface area contributed by atoms with E-state index < -0.39 is 0 Å². The Kier molecular flexibility index (Phi) is 8.30. The number of hydrogen-bond donors (Lipinski definition) is 3. The van der Waals surface area contributed by atoms with E-state index in [4.69, 9.17) is 21.1 Å². The molecule has 2 saturated carbocycles. The van der Waals surface area contributed by atoms with E-state index in [0.717, 1.165) is 62.1 Å². The largest absolute Gasteiger partial charge is 0.383 e. The standard InChI is InChI=1S/C26H36ClFN4O2/c1-17(15-33-2)31-19-5-7-20(8-6-19)32-25-13-21(22(27)14-29-25)18-4-9-23(28)24(12-18)30-16-26(34-3)10-11-26/h4,9,12-14,17,19-20,30-31H,5-8,10-11,15-16H2,1-3H3,(H,29,32)/t17-,19-,20-/m0/s1. The molecule has 0 spiro atoms. The number of nitrogens with zero attached hydrogens (tertiary/aromatic N) is 1. The van der Waals surface area contributed by atoms with Gasteiger partial charge >= 0.3 is 0 Å². The van der Waals surface area contributed by atoms with Crippen LogP contribution in [0.1, 0.15) is 45.4 Å². The van der Waals surface area contributed by atoms with Gasteiger partial charge in [0.1, 0.15) is 11.6 Å². The number of anilines is 2. The first kappa shape index (κ1) is 25.2. The Hall–Kier alpha value is -1.93. The minimum atomic E-state index is -0.288. The normalized spacial score (nSPS) is 22.3. The number of ether oxygens (including phenoxy) is 2. The van der Waals surface area contributed by atoms with Crippen molar-refractivity contribution in [2.45, 2.75) is 69.2 Å². The van der Waals surface area contributed by atoms with Crippen LogP contribution in [0.5, 0.6) is 0 Å². The molecule has 6 nitrogen and oxygen atoms in total. The van der Waals surface area contributed by atoms with Gasteiger partial charge < -0.3 is 25.4 Å². The summed E-state index contributed by atoms with van der Waals surface area (Å²) in [5.41, 5.74) is 1.97. The molecule has 1 aromatic heterocycles. The number of methoxy groups -OCH3 is 2. The van der Waals surface area contributed by atoms with Gasteiger partial charge in [-0.05, 0) is 69.2 Å². The van der Waals surface area contributed by atoms with E-state index in [1.165, 1.54) is 6.07 Å². The average molecular weight is 491 g/mol. The maximum absolute atomic E-state index is 14.5. The first-order valence-electron chi connectivity index (χ1n) is 12.2. The molecule has 4 rings (SSSR count). The third-order valence-electron chi connectivity index (χ3n) is 6.99. The lowest BCUT2D eigenvalue weighted by Crippen LogP contribution is -2.42. The SMILES string of the molecule is COC[C@H](C)N[C@H]1CC[C@H](Nc2cc(-c3ccc(F)c(NCC4(OC)CC4)c3)c(Cl)cn2)CC1. The van der Waals surface area contributed by atoms with Crippen LogP contribution >= 0.6 is 11.6 Å². The summed E-state index contributed by atoms with van der Waals surface area (Å²) in [7, 11) is 3.44. The van der Waals surface area contributed by atoms with Crippen LogP contribution in [0, 0.1) is 5.82 Å². The van der Waals surface area contributed by atoms with Crippen molar-refractivity contribution >= 4 is 23.1 Å². The average Bonchev–Trinajstić information content (AvgIpc) is 3.62. The van der Waals surface area contributed by atoms with Gasteiger partial charge in [-0.2, -0.15) is 0 Å². The Balaban J connectivity index is 1.39. The number of nitrogens with one attached hydrogen (secondary N) is 3. The fraction of sp³-hybridized carbons (Fsp3) is 0.577. The van der Waals surface area contributed by atoms with Crippen LogP contribution in [0.15, 0.2) is 30.5 Å². The second-order valence-electron chi connectivity index (χ2n) is 9.70. The van der Waals surface area contributed by atoms with Gasteiger partial charge in [0, 0.05) is 50.7 Å². The Labute approximate surface area is 207 Å². The highest BCUT2D eigenvalue weighted by molar-refractivity contribution is 6.33. The van der Waals surface area contributed by atoms with Gasteiger partial charge in [0.25, 0.3) is 0 Å². The molecule has 3 N–H and O–H groups in total. The Bertz CT molecular complexity index is 964. The van der Waals surface area contributed by atoms with Gasteiger partial charge in [-0.1, -0.05) is 17.7 Å². The summed E-state index contributed by atoms with van der Waals surface area (Å²) >= 11 is 6.50. The molecule has 1 atom stereocenters. The van der Waals surface area contributed by atoms with Crippen LogP contribution in [0.3, 0.4) is 0 Å². The summed E-state index contributed by atoms with van der Waals surface area (Å²) in [6, 6.07) is 8.26. The third kappa shape index (κ3) is 6.39. The van der Waals surface area contributed by atoms with Gasteiger partial charge in [0.15, 0.2) is 0 Å². The van der Waals surface area contributed by atoms with Crippen molar-refractivity contribution in [3.05, 3.63) is 41.3 Å². The van der Waals surface area contributed by atoms with E-state index in [9.17, 15) is 4.39 Å². The fourth-order valence-electron chi connectivity index (χ4n) is 4.73. The maximum atomic E-state index is 14.5. The summed E-state index contributed by atoms with van der Waals surface area (Å²) in [5, 5.41) is 11.0. The smallest absolute Gasteiger partial charge is 0.146 e. The molecule has 8 heteroatoms. The lowest BCUT2D eigenvalue weighted by atomic mass is 9.90. The number of pyridine rings is 1. The Morgan fingerprint density at radius 2 is 1.88 bits per heavy atom. The molecule has 2 aliphatic rings. The lowest BCUT2D eigenvalue weighted by Gasteiger charge is -2.32. The van der Waals surface area contributed by atoms with Gasteiger partial charge in [-0.3, -0.25) is 0 Å². The Morgan fingerprint density at radius 1 is 1.15 bits per heavy atom. The van der Waals surface area contributed by atoms with Crippen LogP contribution in [0.4, 0.5) is 15.9 Å². The topological polar surface area (TPSA) is 67.4 Å². The molecular weight excluding hydrogens is 455 g/mol. The van der Waals surface area contributed by atoms with E-state index in [0.29, 0.717) is 35.4 Å². The highest BCUT2D eigenvalue weighted by Gasteiger charge is 2.42. The zero-order valence-electron chi connectivity index (χ0n) is 20.3. The zero-order chi connectivity index (χ0) is 24.1. The quantitative estimate of drug-likeness (QED) is 0.387. The molecule has 1 aromatic carbocycles. The molecule has 0 radical (unpaired) electrons. The molecule has 2 aromatic rings. The van der Waals surface area contributed by atoms with Gasteiger partial charge in [-0.15, -0.1) is 0 Å². The van der Waals surface area contributed by atoms with E-state index in [2.05, 4.69) is 27.9 Å². The minimum Gasteiger partial charge on any atom is -0.383 e. The monoisotopic (exact) mass is 490 g/mol. The molecule has 0 saturated heterocycles. The van der Waals surface area contributed by atoms with Crippen molar-refractivity contribution < 1.29 is 13.9 Å². The van der Waals surface area contributed by atoms with E-state index in [1.807, 2.05) is 12.1 Å². The summed E-state index contributed by atoms with van der Waals surface area (Å²) < 4.78 is 25.2. The number of rotatable bonds is 11. The molecule has 186 valence electrons. The molecule has 2 fully saturated rings. The molecule has 1 heterocycles. The summed E-state index contributed by atoms with van der Waals surface area (Å²) in [6.45, 7) is 3.47. The van der Waals surface area contributed by atoms with Crippen LogP contribution in [0.25, 0.3) is 11.1 Å². The Morgan fingerprint density at radius 3 is 2.56 bits per heavy atom. The molecule has 2 aliphatic carbocycles. The van der Waals surface area contributed by atoms with E-state index >= 15 is 0 Å². The van der Waals surface area contributed by atoms with Crippen molar-refractivity contribution in [1.29, 1.82) is 0 Å². The van der Waals surface area contributed by atoms with Crippen LogP contribution < -0.4 is 16.0 Å². The summed E-state index contributed by atoms with van der Waals surface area (Å²) in [4.78, 5) is 4.50. The second kappa shape index (κ2) is 11.2. The first-order chi connectivity index (χ1) is 16.4. The minimum absolute atomic E-state index is 0.163. The highest BCUT2D eigenvalue weighted by Crippen LogP contribution is 2.39. The summed E-state index contributed by atoms with van der Waals surface area (Å²) in [6.07, 6.45) is 8.02. The molecular formula is C26H36ClFN4O2. The molecule has 0 amide bonds.